The second kappa shape index (κ2) is 4.16. The number of furan rings is 1. The first-order chi connectivity index (χ1) is 8.65. The zero-order valence-corrected chi connectivity index (χ0v) is 10.7. The van der Waals surface area contributed by atoms with E-state index in [1.54, 1.807) is 6.92 Å². The van der Waals surface area contributed by atoms with E-state index in [1.165, 1.54) is 10.9 Å². The molecule has 1 amide bonds. The van der Waals surface area contributed by atoms with E-state index in [2.05, 4.69) is 17.4 Å². The topological polar surface area (TPSA) is 42.2 Å². The third kappa shape index (κ3) is 2.01. The van der Waals surface area contributed by atoms with Crippen LogP contribution in [0.1, 0.15) is 30.6 Å². The predicted octanol–water partition coefficient (Wildman–Crippen LogP) is 2.98. The van der Waals surface area contributed by atoms with Crippen molar-refractivity contribution in [1.29, 1.82) is 0 Å². The summed E-state index contributed by atoms with van der Waals surface area (Å²) in [6, 6.07) is 8.35. The van der Waals surface area contributed by atoms with E-state index in [0.29, 0.717) is 11.8 Å². The van der Waals surface area contributed by atoms with Gasteiger partial charge in [-0.2, -0.15) is 0 Å². The number of carbonyl (C=O) groups excluding carboxylic acids is 1. The molecule has 1 aromatic carbocycles. The van der Waals surface area contributed by atoms with Crippen LogP contribution in [0.3, 0.4) is 0 Å². The average Bonchev–Trinajstić information content (AvgIpc) is 2.98. The minimum Gasteiger partial charge on any atom is -0.461 e. The fourth-order valence-electron chi connectivity index (χ4n) is 2.66. The molecule has 2 unspecified atom stereocenters. The molecule has 0 aliphatic heterocycles. The zero-order valence-electron chi connectivity index (χ0n) is 10.7. The van der Waals surface area contributed by atoms with Crippen LogP contribution in [-0.2, 0) is 4.79 Å². The quantitative estimate of drug-likeness (QED) is 0.900. The number of hydrogen-bond acceptors (Lipinski definition) is 2. The summed E-state index contributed by atoms with van der Waals surface area (Å²) in [6.07, 6.45) is 1.16. The lowest BCUT2D eigenvalue weighted by Gasteiger charge is -2.03. The maximum atomic E-state index is 10.9. The fraction of sp³-hybridized carbons (Fsp3) is 0.400. The van der Waals surface area contributed by atoms with Gasteiger partial charge >= 0.3 is 0 Å². The van der Waals surface area contributed by atoms with Crippen LogP contribution in [-0.4, -0.2) is 12.5 Å². The highest BCUT2D eigenvalue weighted by atomic mass is 16.3. The molecule has 1 fully saturated rings. The van der Waals surface area contributed by atoms with Gasteiger partial charge in [-0.3, -0.25) is 4.79 Å². The Morgan fingerprint density at radius 2 is 2.33 bits per heavy atom. The fourth-order valence-corrected chi connectivity index (χ4v) is 2.66. The van der Waals surface area contributed by atoms with Crippen LogP contribution in [0.4, 0.5) is 0 Å². The minimum atomic E-state index is 0.0537. The van der Waals surface area contributed by atoms with Crippen molar-refractivity contribution in [2.24, 2.45) is 5.92 Å². The Balaban J connectivity index is 1.81. The van der Waals surface area contributed by atoms with Gasteiger partial charge in [0.05, 0.1) is 0 Å². The van der Waals surface area contributed by atoms with E-state index < -0.39 is 0 Å². The lowest BCUT2D eigenvalue weighted by Crippen LogP contribution is -2.22. The second-order valence-corrected chi connectivity index (χ2v) is 5.16. The highest BCUT2D eigenvalue weighted by molar-refractivity contribution is 5.82. The van der Waals surface area contributed by atoms with Crippen LogP contribution in [0, 0.1) is 12.8 Å². The van der Waals surface area contributed by atoms with Crippen molar-refractivity contribution >= 4 is 16.9 Å². The third-order valence-electron chi connectivity index (χ3n) is 3.65. The maximum absolute atomic E-state index is 10.9. The zero-order chi connectivity index (χ0) is 12.7. The van der Waals surface area contributed by atoms with Crippen LogP contribution >= 0.6 is 0 Å². The van der Waals surface area contributed by atoms with Gasteiger partial charge in [0.1, 0.15) is 11.3 Å². The summed E-state index contributed by atoms with van der Waals surface area (Å²) in [4.78, 5) is 10.9. The van der Waals surface area contributed by atoms with Crippen molar-refractivity contribution in [2.75, 3.05) is 6.54 Å². The smallest absolute Gasteiger partial charge is 0.216 e. The Kier molecular flexibility index (Phi) is 2.62. The van der Waals surface area contributed by atoms with E-state index in [1.807, 2.05) is 19.1 Å². The first-order valence-corrected chi connectivity index (χ1v) is 6.38. The molecule has 0 spiro atoms. The molecular weight excluding hydrogens is 226 g/mol. The molecule has 2 aromatic rings. The van der Waals surface area contributed by atoms with Crippen LogP contribution < -0.4 is 5.32 Å². The molecule has 3 heteroatoms. The number of fused-ring (bicyclic) bond motifs is 1. The molecule has 1 aliphatic carbocycles. The highest BCUT2D eigenvalue weighted by Crippen LogP contribution is 2.49. The van der Waals surface area contributed by atoms with Crippen molar-refractivity contribution in [2.45, 2.75) is 26.2 Å². The SMILES string of the molecule is CC(=O)NCC1CC1c1cccc2oc(C)cc12. The number of rotatable bonds is 3. The van der Waals surface area contributed by atoms with Gasteiger partial charge in [-0.1, -0.05) is 12.1 Å². The number of benzene rings is 1. The van der Waals surface area contributed by atoms with Crippen molar-refractivity contribution in [3.05, 3.63) is 35.6 Å². The number of aryl methyl sites for hydroxylation is 1. The third-order valence-corrected chi connectivity index (χ3v) is 3.65. The van der Waals surface area contributed by atoms with Crippen LogP contribution in [0.2, 0.25) is 0 Å². The molecule has 1 aromatic heterocycles. The lowest BCUT2D eigenvalue weighted by molar-refractivity contribution is -0.119. The Bertz CT molecular complexity index is 600. The van der Waals surface area contributed by atoms with Gasteiger partial charge in [-0.05, 0) is 42.9 Å². The molecule has 3 nitrogen and oxygen atoms in total. The van der Waals surface area contributed by atoms with Gasteiger partial charge in [0.2, 0.25) is 5.91 Å². The van der Waals surface area contributed by atoms with E-state index in [9.17, 15) is 4.79 Å². The van der Waals surface area contributed by atoms with Gasteiger partial charge in [-0.25, -0.2) is 0 Å². The molecule has 0 radical (unpaired) electrons. The first-order valence-electron chi connectivity index (χ1n) is 6.38. The molecule has 1 saturated carbocycles. The number of carbonyl (C=O) groups is 1. The maximum Gasteiger partial charge on any atom is 0.216 e. The predicted molar refractivity (Wildman–Crippen MR) is 70.5 cm³/mol. The normalized spacial score (nSPS) is 22.1. The standard InChI is InChI=1S/C15H17NO2/c1-9-6-14-12(4-3-5-15(14)18-9)13-7-11(13)8-16-10(2)17/h3-6,11,13H,7-8H2,1-2H3,(H,16,17). The van der Waals surface area contributed by atoms with Gasteiger partial charge < -0.3 is 9.73 Å². The van der Waals surface area contributed by atoms with E-state index >= 15 is 0 Å². The Labute approximate surface area is 106 Å². The summed E-state index contributed by atoms with van der Waals surface area (Å²) >= 11 is 0. The van der Waals surface area contributed by atoms with Gasteiger partial charge in [0.15, 0.2) is 0 Å². The lowest BCUT2D eigenvalue weighted by atomic mass is 10.0. The summed E-state index contributed by atoms with van der Waals surface area (Å²) < 4.78 is 5.65. The average molecular weight is 243 g/mol. The monoisotopic (exact) mass is 243 g/mol. The molecule has 2 atom stereocenters. The van der Waals surface area contributed by atoms with E-state index in [-0.39, 0.29) is 5.91 Å². The molecular formula is C15H17NO2. The molecule has 0 bridgehead atoms. The molecule has 0 saturated heterocycles. The first kappa shape index (κ1) is 11.3. The van der Waals surface area contributed by atoms with Crippen molar-refractivity contribution in [1.82, 2.24) is 5.32 Å². The number of amides is 1. The van der Waals surface area contributed by atoms with E-state index in [0.717, 1.165) is 24.3 Å². The van der Waals surface area contributed by atoms with Crippen molar-refractivity contribution in [3.8, 4) is 0 Å². The van der Waals surface area contributed by atoms with E-state index in [4.69, 9.17) is 4.42 Å². The van der Waals surface area contributed by atoms with Gasteiger partial charge in [-0.15, -0.1) is 0 Å². The number of nitrogens with one attached hydrogen (secondary N) is 1. The van der Waals surface area contributed by atoms with Crippen molar-refractivity contribution in [3.63, 3.8) is 0 Å². The molecule has 18 heavy (non-hydrogen) atoms. The van der Waals surface area contributed by atoms with Gasteiger partial charge in [0.25, 0.3) is 0 Å². The summed E-state index contributed by atoms with van der Waals surface area (Å²) in [5, 5.41) is 4.13. The Morgan fingerprint density at radius 1 is 1.50 bits per heavy atom. The largest absolute Gasteiger partial charge is 0.461 e. The molecule has 1 aliphatic rings. The second-order valence-electron chi connectivity index (χ2n) is 5.16. The summed E-state index contributed by atoms with van der Waals surface area (Å²) in [7, 11) is 0. The molecule has 1 heterocycles. The minimum absolute atomic E-state index is 0.0537. The molecule has 3 rings (SSSR count). The summed E-state index contributed by atoms with van der Waals surface area (Å²) in [5.74, 6) is 2.15. The van der Waals surface area contributed by atoms with Crippen LogP contribution in [0.25, 0.3) is 11.0 Å². The van der Waals surface area contributed by atoms with Crippen LogP contribution in [0.15, 0.2) is 28.7 Å². The molecule has 1 N–H and O–H groups in total. The number of hydrogen-bond donors (Lipinski definition) is 1. The van der Waals surface area contributed by atoms with Crippen molar-refractivity contribution < 1.29 is 9.21 Å². The van der Waals surface area contributed by atoms with Gasteiger partial charge in [0, 0.05) is 18.9 Å². The summed E-state index contributed by atoms with van der Waals surface area (Å²) in [6.45, 7) is 4.33. The highest BCUT2D eigenvalue weighted by Gasteiger charge is 2.39. The molecule has 94 valence electrons. The summed E-state index contributed by atoms with van der Waals surface area (Å²) in [5.41, 5.74) is 2.33. The Morgan fingerprint density at radius 3 is 3.11 bits per heavy atom. The van der Waals surface area contributed by atoms with Crippen LogP contribution in [0.5, 0.6) is 0 Å². The Hall–Kier alpha value is -1.77.